The SMILES string of the molecule is Cc1nc(CSCCC(=O)NC(C)CCCC(=O)O)cs1. The van der Waals surface area contributed by atoms with Crippen molar-refractivity contribution in [2.24, 2.45) is 0 Å². The summed E-state index contributed by atoms with van der Waals surface area (Å²) in [5.74, 6) is 0.845. The zero-order valence-electron chi connectivity index (χ0n) is 12.4. The van der Waals surface area contributed by atoms with E-state index in [1.54, 1.807) is 23.1 Å². The number of nitrogens with one attached hydrogen (secondary N) is 1. The molecule has 5 nitrogen and oxygen atoms in total. The van der Waals surface area contributed by atoms with E-state index in [1.165, 1.54) is 0 Å². The molecule has 0 aliphatic carbocycles. The highest BCUT2D eigenvalue weighted by molar-refractivity contribution is 7.98. The van der Waals surface area contributed by atoms with Crippen molar-refractivity contribution in [3.63, 3.8) is 0 Å². The first-order valence-electron chi connectivity index (χ1n) is 6.97. The predicted molar refractivity (Wildman–Crippen MR) is 86.7 cm³/mol. The Morgan fingerprint density at radius 2 is 2.24 bits per heavy atom. The third-order valence-electron chi connectivity index (χ3n) is 2.83. The molecule has 1 atom stereocenters. The van der Waals surface area contributed by atoms with Crippen LogP contribution in [0.15, 0.2) is 5.38 Å². The lowest BCUT2D eigenvalue weighted by Crippen LogP contribution is -2.32. The first-order chi connectivity index (χ1) is 9.97. The molecule has 0 aliphatic heterocycles. The Hall–Kier alpha value is -1.08. The van der Waals surface area contributed by atoms with Crippen molar-refractivity contribution in [2.75, 3.05) is 5.75 Å². The first kappa shape index (κ1) is 18.0. The van der Waals surface area contributed by atoms with Crippen LogP contribution in [0.1, 0.15) is 43.3 Å². The van der Waals surface area contributed by atoms with Gasteiger partial charge in [0.1, 0.15) is 0 Å². The lowest BCUT2D eigenvalue weighted by Gasteiger charge is -2.13. The smallest absolute Gasteiger partial charge is 0.303 e. The van der Waals surface area contributed by atoms with Gasteiger partial charge in [-0.05, 0) is 26.7 Å². The Bertz CT molecular complexity index is 463. The van der Waals surface area contributed by atoms with Crippen LogP contribution >= 0.6 is 23.1 Å². The molecular weight excluding hydrogens is 308 g/mol. The van der Waals surface area contributed by atoms with E-state index in [0.29, 0.717) is 19.3 Å². The molecule has 1 aromatic heterocycles. The molecule has 0 aliphatic rings. The minimum Gasteiger partial charge on any atom is -0.481 e. The largest absolute Gasteiger partial charge is 0.481 e. The van der Waals surface area contributed by atoms with Crippen LogP contribution in [0.25, 0.3) is 0 Å². The van der Waals surface area contributed by atoms with Crippen LogP contribution in [0.2, 0.25) is 0 Å². The second kappa shape index (κ2) is 9.78. The number of carbonyl (C=O) groups excluding carboxylic acids is 1. The monoisotopic (exact) mass is 330 g/mol. The van der Waals surface area contributed by atoms with E-state index in [1.807, 2.05) is 19.2 Å². The number of thiazole rings is 1. The quantitative estimate of drug-likeness (QED) is 0.645. The second-order valence-corrected chi connectivity index (χ2v) is 7.08. The number of carbonyl (C=O) groups is 2. The van der Waals surface area contributed by atoms with Crippen molar-refractivity contribution in [1.29, 1.82) is 0 Å². The number of thioether (sulfide) groups is 1. The molecule has 7 heteroatoms. The Morgan fingerprint density at radius 3 is 2.86 bits per heavy atom. The summed E-state index contributed by atoms with van der Waals surface area (Å²) in [6, 6.07) is 0.0306. The number of hydrogen-bond acceptors (Lipinski definition) is 5. The van der Waals surface area contributed by atoms with Gasteiger partial charge in [-0.2, -0.15) is 11.8 Å². The average molecular weight is 330 g/mol. The molecular formula is C14H22N2O3S2. The van der Waals surface area contributed by atoms with E-state index in [0.717, 1.165) is 22.2 Å². The minimum atomic E-state index is -0.790. The minimum absolute atomic E-state index is 0.0276. The molecule has 2 N–H and O–H groups in total. The van der Waals surface area contributed by atoms with E-state index in [9.17, 15) is 9.59 Å². The molecule has 0 saturated heterocycles. The third-order valence-corrected chi connectivity index (χ3v) is 4.64. The molecule has 1 heterocycles. The fourth-order valence-corrected chi connectivity index (χ4v) is 3.34. The zero-order chi connectivity index (χ0) is 15.7. The molecule has 1 aromatic rings. The molecule has 1 rings (SSSR count). The van der Waals surface area contributed by atoms with E-state index in [2.05, 4.69) is 10.3 Å². The lowest BCUT2D eigenvalue weighted by atomic mass is 10.1. The highest BCUT2D eigenvalue weighted by Gasteiger charge is 2.08. The summed E-state index contributed by atoms with van der Waals surface area (Å²) in [4.78, 5) is 26.5. The van der Waals surface area contributed by atoms with E-state index < -0.39 is 5.97 Å². The Kier molecular flexibility index (Phi) is 8.37. The summed E-state index contributed by atoms with van der Waals surface area (Å²) in [6.45, 7) is 3.89. The number of aromatic nitrogens is 1. The van der Waals surface area contributed by atoms with E-state index >= 15 is 0 Å². The highest BCUT2D eigenvalue weighted by atomic mass is 32.2. The number of nitrogens with zero attached hydrogens (tertiary/aromatic N) is 1. The summed E-state index contributed by atoms with van der Waals surface area (Å²) >= 11 is 3.34. The number of carboxylic acid groups (broad SMARTS) is 1. The number of carboxylic acids is 1. The summed E-state index contributed by atoms with van der Waals surface area (Å²) in [7, 11) is 0. The van der Waals surface area contributed by atoms with Gasteiger partial charge >= 0.3 is 5.97 Å². The fraction of sp³-hybridized carbons (Fsp3) is 0.643. The van der Waals surface area contributed by atoms with Crippen LogP contribution in [-0.4, -0.2) is 33.8 Å². The van der Waals surface area contributed by atoms with Gasteiger partial charge in [0.15, 0.2) is 0 Å². The van der Waals surface area contributed by atoms with E-state index in [4.69, 9.17) is 5.11 Å². The van der Waals surface area contributed by atoms with E-state index in [-0.39, 0.29) is 18.4 Å². The maximum absolute atomic E-state index is 11.7. The van der Waals surface area contributed by atoms with Gasteiger partial charge in [0, 0.05) is 35.8 Å². The molecule has 1 amide bonds. The molecule has 21 heavy (non-hydrogen) atoms. The molecule has 0 bridgehead atoms. The molecule has 0 saturated carbocycles. The van der Waals surface area contributed by atoms with Crippen molar-refractivity contribution in [1.82, 2.24) is 10.3 Å². The van der Waals surface area contributed by atoms with Crippen LogP contribution in [0, 0.1) is 6.92 Å². The van der Waals surface area contributed by atoms with Gasteiger partial charge in [-0.15, -0.1) is 11.3 Å². The maximum atomic E-state index is 11.7. The van der Waals surface area contributed by atoms with Gasteiger partial charge in [0.25, 0.3) is 0 Å². The zero-order valence-corrected chi connectivity index (χ0v) is 14.1. The van der Waals surface area contributed by atoms with Gasteiger partial charge < -0.3 is 10.4 Å². The average Bonchev–Trinajstić information content (AvgIpc) is 2.80. The predicted octanol–water partition coefficient (Wildman–Crippen LogP) is 2.83. The van der Waals surface area contributed by atoms with Crippen LogP contribution in [0.4, 0.5) is 0 Å². The number of amides is 1. The highest BCUT2D eigenvalue weighted by Crippen LogP contribution is 2.15. The van der Waals surface area contributed by atoms with Crippen LogP contribution in [-0.2, 0) is 15.3 Å². The van der Waals surface area contributed by atoms with Gasteiger partial charge in [-0.1, -0.05) is 0 Å². The van der Waals surface area contributed by atoms with Crippen LogP contribution < -0.4 is 5.32 Å². The first-order valence-corrected chi connectivity index (χ1v) is 9.00. The number of hydrogen-bond donors (Lipinski definition) is 2. The summed E-state index contributed by atoms with van der Waals surface area (Å²) < 4.78 is 0. The fourth-order valence-electron chi connectivity index (χ4n) is 1.79. The Balaban J connectivity index is 2.06. The Morgan fingerprint density at radius 1 is 1.48 bits per heavy atom. The van der Waals surface area contributed by atoms with Gasteiger partial charge in [-0.3, -0.25) is 9.59 Å². The van der Waals surface area contributed by atoms with Crippen LogP contribution in [0.5, 0.6) is 0 Å². The normalized spacial score (nSPS) is 12.1. The van der Waals surface area contributed by atoms with Gasteiger partial charge in [0.2, 0.25) is 5.91 Å². The lowest BCUT2D eigenvalue weighted by molar-refractivity contribution is -0.137. The molecule has 0 spiro atoms. The molecule has 0 radical (unpaired) electrons. The number of aryl methyl sites for hydroxylation is 1. The third kappa shape index (κ3) is 8.72. The standard InChI is InChI=1S/C14H22N2O3S2/c1-10(4-3-5-14(18)19)15-13(17)6-7-20-8-12-9-21-11(2)16-12/h9-10H,3-8H2,1-2H3,(H,15,17)(H,18,19). The Labute approximate surface area is 133 Å². The summed E-state index contributed by atoms with van der Waals surface area (Å²) in [5.41, 5.74) is 1.07. The van der Waals surface area contributed by atoms with Gasteiger partial charge in [0.05, 0.1) is 10.7 Å². The van der Waals surface area contributed by atoms with Crippen molar-refractivity contribution in [2.45, 2.75) is 51.3 Å². The topological polar surface area (TPSA) is 79.3 Å². The van der Waals surface area contributed by atoms with Crippen molar-refractivity contribution < 1.29 is 14.7 Å². The summed E-state index contributed by atoms with van der Waals surface area (Å²) in [6.07, 6.45) is 1.93. The van der Waals surface area contributed by atoms with Crippen LogP contribution in [0.3, 0.4) is 0 Å². The molecule has 1 unspecified atom stereocenters. The maximum Gasteiger partial charge on any atom is 0.303 e. The number of rotatable bonds is 10. The van der Waals surface area contributed by atoms with Gasteiger partial charge in [-0.25, -0.2) is 4.98 Å². The summed E-state index contributed by atoms with van der Waals surface area (Å²) in [5, 5.41) is 14.6. The molecule has 0 aromatic carbocycles. The van der Waals surface area contributed by atoms with Crippen molar-refractivity contribution in [3.8, 4) is 0 Å². The molecule has 118 valence electrons. The number of aliphatic carboxylic acids is 1. The van der Waals surface area contributed by atoms with Crippen molar-refractivity contribution >= 4 is 35.0 Å². The molecule has 0 fully saturated rings. The second-order valence-electron chi connectivity index (χ2n) is 4.91. The van der Waals surface area contributed by atoms with Crippen molar-refractivity contribution in [3.05, 3.63) is 16.1 Å².